The molecule has 1 fully saturated rings. The molecule has 0 aliphatic carbocycles. The fourth-order valence-corrected chi connectivity index (χ4v) is 3.20. The van der Waals surface area contributed by atoms with Gasteiger partial charge in [-0.25, -0.2) is 9.86 Å². The number of carbonyl (C=O) groups is 2. The van der Waals surface area contributed by atoms with Crippen molar-refractivity contribution in [1.29, 1.82) is 0 Å². The van der Waals surface area contributed by atoms with Crippen molar-refractivity contribution in [3.8, 4) is 0 Å². The van der Waals surface area contributed by atoms with E-state index in [-0.39, 0.29) is 12.0 Å². The summed E-state index contributed by atoms with van der Waals surface area (Å²) in [7, 11) is 0. The van der Waals surface area contributed by atoms with E-state index in [1.165, 1.54) is 0 Å². The van der Waals surface area contributed by atoms with E-state index in [9.17, 15) is 14.8 Å². The number of amides is 2. The highest BCUT2D eigenvalue weighted by Gasteiger charge is 2.41. The second-order valence-electron chi connectivity index (χ2n) is 8.54. The van der Waals surface area contributed by atoms with Gasteiger partial charge < -0.3 is 15.4 Å². The number of alkyl carbamates (subject to hydrolysis) is 1. The molecule has 1 aliphatic heterocycles. The highest BCUT2D eigenvalue weighted by molar-refractivity contribution is 5.89. The molecule has 0 aromatic heterocycles. The number of hydroxylamine groups is 2. The maximum atomic E-state index is 13.0. The third-order valence-electron chi connectivity index (χ3n) is 4.16. The summed E-state index contributed by atoms with van der Waals surface area (Å²) in [5.41, 5.74) is -1.87. The van der Waals surface area contributed by atoms with Gasteiger partial charge in [-0.05, 0) is 72.4 Å². The lowest BCUT2D eigenvalue weighted by Crippen LogP contribution is -2.60. The highest BCUT2D eigenvalue weighted by Crippen LogP contribution is 2.23. The van der Waals surface area contributed by atoms with Gasteiger partial charge in [0, 0.05) is 0 Å². The van der Waals surface area contributed by atoms with Crippen LogP contribution in [0, 0.1) is 5.92 Å². The van der Waals surface area contributed by atoms with Crippen LogP contribution in [-0.4, -0.2) is 52.5 Å². The molecule has 0 aromatic carbocycles. The molecule has 146 valence electrons. The summed E-state index contributed by atoms with van der Waals surface area (Å²) in [5, 5.41) is 17.3. The van der Waals surface area contributed by atoms with E-state index in [4.69, 9.17) is 4.74 Å². The third-order valence-corrected chi connectivity index (χ3v) is 4.16. The van der Waals surface area contributed by atoms with Crippen molar-refractivity contribution in [1.82, 2.24) is 15.7 Å². The second-order valence-corrected chi connectivity index (χ2v) is 8.54. The largest absolute Gasteiger partial charge is 0.444 e. The quantitative estimate of drug-likeness (QED) is 0.520. The van der Waals surface area contributed by atoms with Crippen LogP contribution in [-0.2, 0) is 9.53 Å². The highest BCUT2D eigenvalue weighted by atomic mass is 16.6. The van der Waals surface area contributed by atoms with Crippen LogP contribution in [0.4, 0.5) is 4.79 Å². The zero-order chi connectivity index (χ0) is 19.3. The van der Waals surface area contributed by atoms with Gasteiger partial charge in [0.1, 0.15) is 11.1 Å². The number of carbonyl (C=O) groups excluding carboxylic acids is 2. The van der Waals surface area contributed by atoms with Gasteiger partial charge in [0.2, 0.25) is 0 Å². The van der Waals surface area contributed by atoms with E-state index in [0.717, 1.165) is 31.0 Å². The van der Waals surface area contributed by atoms with Crippen LogP contribution in [0.15, 0.2) is 0 Å². The average molecular weight is 357 g/mol. The molecule has 0 bridgehead atoms. The third kappa shape index (κ3) is 7.20. The number of rotatable bonds is 5. The topological polar surface area (TPSA) is 90.9 Å². The normalized spacial score (nSPS) is 21.2. The Labute approximate surface area is 151 Å². The lowest BCUT2D eigenvalue weighted by Gasteiger charge is -2.36. The molecule has 2 atom stereocenters. The van der Waals surface area contributed by atoms with E-state index < -0.39 is 23.1 Å². The summed E-state index contributed by atoms with van der Waals surface area (Å²) in [6.07, 6.45) is 2.08. The van der Waals surface area contributed by atoms with Crippen LogP contribution in [0.3, 0.4) is 0 Å². The average Bonchev–Trinajstić information content (AvgIpc) is 2.71. The van der Waals surface area contributed by atoms with Gasteiger partial charge in [-0.1, -0.05) is 13.8 Å². The molecule has 1 rings (SSSR count). The maximum Gasteiger partial charge on any atom is 0.408 e. The van der Waals surface area contributed by atoms with Crippen LogP contribution >= 0.6 is 0 Å². The Morgan fingerprint density at radius 1 is 1.24 bits per heavy atom. The Bertz CT molecular complexity index is 454. The number of ether oxygens (including phenoxy) is 1. The van der Waals surface area contributed by atoms with Crippen molar-refractivity contribution >= 4 is 12.0 Å². The predicted octanol–water partition coefficient (Wildman–Crippen LogP) is 2.68. The van der Waals surface area contributed by atoms with Crippen LogP contribution in [0.2, 0.25) is 0 Å². The Balaban J connectivity index is 2.90. The molecule has 1 aliphatic rings. The SMILES string of the molecule is CC(C)CC(C)(NC(=O)OC(C)(C)C)C(=O)N(O)C1CCCNCC1. The summed E-state index contributed by atoms with van der Waals surface area (Å²) in [6.45, 7) is 12.5. The minimum absolute atomic E-state index is 0.160. The van der Waals surface area contributed by atoms with Crippen molar-refractivity contribution in [2.75, 3.05) is 13.1 Å². The van der Waals surface area contributed by atoms with Gasteiger partial charge in [0.15, 0.2) is 0 Å². The minimum atomic E-state index is -1.22. The molecular weight excluding hydrogens is 322 g/mol. The summed E-state index contributed by atoms with van der Waals surface area (Å²) >= 11 is 0. The zero-order valence-electron chi connectivity index (χ0n) is 16.5. The molecule has 2 amide bonds. The maximum absolute atomic E-state index is 13.0. The van der Waals surface area contributed by atoms with E-state index in [1.807, 2.05) is 13.8 Å². The molecule has 0 aromatic rings. The van der Waals surface area contributed by atoms with Crippen molar-refractivity contribution < 1.29 is 19.5 Å². The van der Waals surface area contributed by atoms with Crippen LogP contribution in [0.1, 0.15) is 67.2 Å². The van der Waals surface area contributed by atoms with Gasteiger partial charge in [0.25, 0.3) is 5.91 Å². The summed E-state index contributed by atoms with van der Waals surface area (Å²) in [4.78, 5) is 25.2. The number of nitrogens with one attached hydrogen (secondary N) is 2. The van der Waals surface area contributed by atoms with Crippen LogP contribution < -0.4 is 10.6 Å². The van der Waals surface area contributed by atoms with Gasteiger partial charge >= 0.3 is 6.09 Å². The van der Waals surface area contributed by atoms with E-state index >= 15 is 0 Å². The molecule has 0 radical (unpaired) electrons. The summed E-state index contributed by atoms with van der Waals surface area (Å²) < 4.78 is 5.30. The van der Waals surface area contributed by atoms with Gasteiger partial charge in [-0.3, -0.25) is 10.0 Å². The zero-order valence-corrected chi connectivity index (χ0v) is 16.5. The molecule has 2 unspecified atom stereocenters. The molecular formula is C18H35N3O4. The van der Waals surface area contributed by atoms with Crippen molar-refractivity contribution in [3.05, 3.63) is 0 Å². The fraction of sp³-hybridized carbons (Fsp3) is 0.889. The van der Waals surface area contributed by atoms with Gasteiger partial charge in [0.05, 0.1) is 6.04 Å². The van der Waals surface area contributed by atoms with Gasteiger partial charge in [-0.15, -0.1) is 0 Å². The lowest BCUT2D eigenvalue weighted by molar-refractivity contribution is -0.184. The van der Waals surface area contributed by atoms with Crippen molar-refractivity contribution in [2.45, 2.75) is 84.4 Å². The smallest absolute Gasteiger partial charge is 0.408 e. The Hall–Kier alpha value is -1.34. The molecule has 0 saturated carbocycles. The fourth-order valence-electron chi connectivity index (χ4n) is 3.20. The first-order valence-electron chi connectivity index (χ1n) is 9.19. The number of hydrogen-bond acceptors (Lipinski definition) is 5. The number of nitrogens with zero attached hydrogens (tertiary/aromatic N) is 1. The van der Waals surface area contributed by atoms with E-state index in [0.29, 0.717) is 12.8 Å². The molecule has 7 heteroatoms. The molecule has 3 N–H and O–H groups in total. The Morgan fingerprint density at radius 3 is 2.44 bits per heavy atom. The predicted molar refractivity (Wildman–Crippen MR) is 96.4 cm³/mol. The minimum Gasteiger partial charge on any atom is -0.444 e. The lowest BCUT2D eigenvalue weighted by atomic mass is 9.89. The van der Waals surface area contributed by atoms with Crippen molar-refractivity contribution in [3.63, 3.8) is 0 Å². The van der Waals surface area contributed by atoms with E-state index in [1.54, 1.807) is 27.7 Å². The molecule has 7 nitrogen and oxygen atoms in total. The standard InChI is InChI=1S/C18H35N3O4/c1-13(2)12-18(6,20-16(23)25-17(3,4)5)15(22)21(24)14-8-7-10-19-11-9-14/h13-14,19,24H,7-12H2,1-6H3,(H,20,23). The molecule has 25 heavy (non-hydrogen) atoms. The summed E-state index contributed by atoms with van der Waals surface area (Å²) in [5.74, 6) is -0.327. The first-order valence-corrected chi connectivity index (χ1v) is 9.19. The van der Waals surface area contributed by atoms with Gasteiger partial charge in [-0.2, -0.15) is 0 Å². The number of hydrogen-bond donors (Lipinski definition) is 3. The second kappa shape index (κ2) is 8.85. The van der Waals surface area contributed by atoms with Crippen LogP contribution in [0.5, 0.6) is 0 Å². The van der Waals surface area contributed by atoms with Crippen LogP contribution in [0.25, 0.3) is 0 Å². The molecule has 0 spiro atoms. The van der Waals surface area contributed by atoms with Crippen molar-refractivity contribution in [2.24, 2.45) is 5.92 Å². The Morgan fingerprint density at radius 2 is 1.88 bits per heavy atom. The Kier molecular flexibility index (Phi) is 7.68. The first-order chi connectivity index (χ1) is 11.4. The first kappa shape index (κ1) is 21.7. The monoisotopic (exact) mass is 357 g/mol. The summed E-state index contributed by atoms with van der Waals surface area (Å²) in [6, 6.07) is -0.241. The molecule has 1 heterocycles. The van der Waals surface area contributed by atoms with E-state index in [2.05, 4.69) is 10.6 Å². The molecule has 1 saturated heterocycles.